The summed E-state index contributed by atoms with van der Waals surface area (Å²) in [5.74, 6) is 0.901. The predicted octanol–water partition coefficient (Wildman–Crippen LogP) is 5.02. The summed E-state index contributed by atoms with van der Waals surface area (Å²) in [4.78, 5) is 13.0. The van der Waals surface area contributed by atoms with Gasteiger partial charge in [0.2, 0.25) is 0 Å². The van der Waals surface area contributed by atoms with Crippen LogP contribution in [0.2, 0.25) is 0 Å². The largest absolute Gasteiger partial charge is 0.508 e. The SMILES string of the molecule is CCCCc1oc2ccccc2c1C(=O)c1ccc(O)c(C)c1. The molecule has 0 radical (unpaired) electrons. The van der Waals surface area contributed by atoms with Crippen LogP contribution in [0.15, 0.2) is 46.9 Å². The first-order valence-electron chi connectivity index (χ1n) is 7.96. The topological polar surface area (TPSA) is 50.4 Å². The fourth-order valence-corrected chi connectivity index (χ4v) is 2.80. The highest BCUT2D eigenvalue weighted by Gasteiger charge is 2.21. The Hall–Kier alpha value is -2.55. The number of rotatable bonds is 5. The van der Waals surface area contributed by atoms with Gasteiger partial charge in [-0.3, -0.25) is 4.79 Å². The van der Waals surface area contributed by atoms with E-state index < -0.39 is 0 Å². The molecule has 118 valence electrons. The minimum atomic E-state index is -0.0517. The molecule has 2 aromatic carbocycles. The minimum Gasteiger partial charge on any atom is -0.508 e. The van der Waals surface area contributed by atoms with Crippen molar-refractivity contribution in [3.05, 3.63) is 64.9 Å². The molecule has 23 heavy (non-hydrogen) atoms. The van der Waals surface area contributed by atoms with Crippen LogP contribution in [0.4, 0.5) is 0 Å². The van der Waals surface area contributed by atoms with Gasteiger partial charge in [0.05, 0.1) is 5.56 Å². The molecule has 0 spiro atoms. The molecule has 0 aliphatic heterocycles. The summed E-state index contributed by atoms with van der Waals surface area (Å²) in [7, 11) is 0. The van der Waals surface area contributed by atoms with E-state index in [9.17, 15) is 9.90 Å². The van der Waals surface area contributed by atoms with Crippen molar-refractivity contribution in [3.8, 4) is 5.75 Å². The Morgan fingerprint density at radius 1 is 1.17 bits per heavy atom. The molecule has 0 aliphatic carbocycles. The number of fused-ring (bicyclic) bond motifs is 1. The van der Waals surface area contributed by atoms with Crippen LogP contribution in [-0.4, -0.2) is 10.9 Å². The molecule has 0 saturated heterocycles. The highest BCUT2D eigenvalue weighted by molar-refractivity contribution is 6.17. The molecule has 3 rings (SSSR count). The summed E-state index contributed by atoms with van der Waals surface area (Å²) in [6, 6.07) is 12.6. The number of hydrogen-bond donors (Lipinski definition) is 1. The highest BCUT2D eigenvalue weighted by Crippen LogP contribution is 2.30. The van der Waals surface area contributed by atoms with E-state index in [1.807, 2.05) is 24.3 Å². The van der Waals surface area contributed by atoms with Crippen LogP contribution < -0.4 is 0 Å². The number of phenolic OH excluding ortho intramolecular Hbond substituents is 1. The van der Waals surface area contributed by atoms with Gasteiger partial charge in [-0.25, -0.2) is 0 Å². The second-order valence-electron chi connectivity index (χ2n) is 5.83. The van der Waals surface area contributed by atoms with Gasteiger partial charge in [0.15, 0.2) is 5.78 Å². The fourth-order valence-electron chi connectivity index (χ4n) is 2.80. The third kappa shape index (κ3) is 2.87. The molecule has 0 bridgehead atoms. The van der Waals surface area contributed by atoms with Crippen molar-refractivity contribution in [1.29, 1.82) is 0 Å². The van der Waals surface area contributed by atoms with Crippen molar-refractivity contribution < 1.29 is 14.3 Å². The van der Waals surface area contributed by atoms with Crippen LogP contribution in [0, 0.1) is 6.92 Å². The molecule has 1 aromatic heterocycles. The summed E-state index contributed by atoms with van der Waals surface area (Å²) in [5.41, 5.74) is 2.67. The molecule has 0 amide bonds. The van der Waals surface area contributed by atoms with Gasteiger partial charge in [-0.05, 0) is 43.2 Å². The van der Waals surface area contributed by atoms with Gasteiger partial charge in [-0.15, -0.1) is 0 Å². The Morgan fingerprint density at radius 3 is 2.70 bits per heavy atom. The zero-order valence-electron chi connectivity index (χ0n) is 13.4. The van der Waals surface area contributed by atoms with Gasteiger partial charge in [-0.2, -0.15) is 0 Å². The fraction of sp³-hybridized carbons (Fsp3) is 0.250. The molecule has 1 N–H and O–H groups in total. The summed E-state index contributed by atoms with van der Waals surface area (Å²) in [6.07, 6.45) is 2.78. The Balaban J connectivity index is 2.12. The second-order valence-corrected chi connectivity index (χ2v) is 5.83. The molecule has 0 fully saturated rings. The van der Waals surface area contributed by atoms with Crippen LogP contribution in [0.5, 0.6) is 5.75 Å². The number of ketones is 1. The van der Waals surface area contributed by atoms with Gasteiger partial charge in [0.25, 0.3) is 0 Å². The molecule has 1 heterocycles. The third-order valence-corrected chi connectivity index (χ3v) is 4.11. The Bertz CT molecular complexity index is 858. The first-order chi connectivity index (χ1) is 11.1. The molecular weight excluding hydrogens is 288 g/mol. The zero-order valence-corrected chi connectivity index (χ0v) is 13.4. The van der Waals surface area contributed by atoms with Gasteiger partial charge >= 0.3 is 0 Å². The maximum atomic E-state index is 13.0. The molecule has 3 aromatic rings. The Morgan fingerprint density at radius 2 is 1.96 bits per heavy atom. The number of benzene rings is 2. The highest BCUT2D eigenvalue weighted by atomic mass is 16.3. The average Bonchev–Trinajstić information content (AvgIpc) is 2.93. The molecule has 0 unspecified atom stereocenters. The van der Waals surface area contributed by atoms with Gasteiger partial charge in [0.1, 0.15) is 17.1 Å². The predicted molar refractivity (Wildman–Crippen MR) is 91.1 cm³/mol. The van der Waals surface area contributed by atoms with Crippen LogP contribution in [0.1, 0.15) is 47.0 Å². The molecule has 0 saturated carbocycles. The van der Waals surface area contributed by atoms with E-state index in [0.29, 0.717) is 16.7 Å². The maximum Gasteiger partial charge on any atom is 0.197 e. The first kappa shape index (κ1) is 15.3. The van der Waals surface area contributed by atoms with Gasteiger partial charge < -0.3 is 9.52 Å². The standard InChI is InChI=1S/C20H20O3/c1-3-4-8-18-19(15-7-5-6-9-17(15)23-18)20(22)14-10-11-16(21)13(2)12-14/h5-7,9-12,21H,3-4,8H2,1-2H3. The van der Waals surface area contributed by atoms with E-state index in [1.165, 1.54) is 0 Å². The Kier molecular flexibility index (Phi) is 4.20. The zero-order chi connectivity index (χ0) is 16.4. The normalized spacial score (nSPS) is 11.0. The van der Waals surface area contributed by atoms with Crippen LogP contribution in [-0.2, 0) is 6.42 Å². The number of carbonyl (C=O) groups is 1. The van der Waals surface area contributed by atoms with Crippen LogP contribution >= 0.6 is 0 Å². The van der Waals surface area contributed by atoms with E-state index in [4.69, 9.17) is 4.42 Å². The molecule has 3 heteroatoms. The number of furan rings is 1. The van der Waals surface area contributed by atoms with Gasteiger partial charge in [0, 0.05) is 17.4 Å². The second kappa shape index (κ2) is 6.29. The van der Waals surface area contributed by atoms with E-state index >= 15 is 0 Å². The van der Waals surface area contributed by atoms with E-state index in [1.54, 1.807) is 25.1 Å². The number of carbonyl (C=O) groups excluding carboxylic acids is 1. The number of hydrogen-bond acceptors (Lipinski definition) is 3. The van der Waals surface area contributed by atoms with Crippen molar-refractivity contribution >= 4 is 16.8 Å². The third-order valence-electron chi connectivity index (χ3n) is 4.11. The lowest BCUT2D eigenvalue weighted by molar-refractivity contribution is 0.103. The first-order valence-corrected chi connectivity index (χ1v) is 7.96. The lowest BCUT2D eigenvalue weighted by Crippen LogP contribution is -2.04. The summed E-state index contributed by atoms with van der Waals surface area (Å²) < 4.78 is 5.93. The lowest BCUT2D eigenvalue weighted by atomic mass is 9.97. The molecule has 3 nitrogen and oxygen atoms in total. The van der Waals surface area contributed by atoms with Crippen molar-refractivity contribution in [3.63, 3.8) is 0 Å². The lowest BCUT2D eigenvalue weighted by Gasteiger charge is -2.05. The summed E-state index contributed by atoms with van der Waals surface area (Å²) in [6.45, 7) is 3.91. The monoisotopic (exact) mass is 308 g/mol. The molecule has 0 aliphatic rings. The van der Waals surface area contributed by atoms with Crippen LogP contribution in [0.3, 0.4) is 0 Å². The average molecular weight is 308 g/mol. The number of aromatic hydroxyl groups is 1. The maximum absolute atomic E-state index is 13.0. The van der Waals surface area contributed by atoms with E-state index in [0.717, 1.165) is 36.0 Å². The number of aryl methyl sites for hydroxylation is 2. The molecular formula is C20H20O3. The van der Waals surface area contributed by atoms with Crippen LogP contribution in [0.25, 0.3) is 11.0 Å². The summed E-state index contributed by atoms with van der Waals surface area (Å²) >= 11 is 0. The van der Waals surface area contributed by atoms with Gasteiger partial charge in [-0.1, -0.05) is 31.5 Å². The van der Waals surface area contributed by atoms with E-state index in [-0.39, 0.29) is 11.5 Å². The number of unbranched alkanes of at least 4 members (excludes halogenated alkanes) is 1. The molecule has 0 atom stereocenters. The van der Waals surface area contributed by atoms with Crippen molar-refractivity contribution in [1.82, 2.24) is 0 Å². The quantitative estimate of drug-likeness (QED) is 0.673. The van der Waals surface area contributed by atoms with Crippen molar-refractivity contribution in [2.45, 2.75) is 33.1 Å². The smallest absolute Gasteiger partial charge is 0.197 e. The van der Waals surface area contributed by atoms with Crippen molar-refractivity contribution in [2.75, 3.05) is 0 Å². The minimum absolute atomic E-state index is 0.0517. The van der Waals surface area contributed by atoms with E-state index in [2.05, 4.69) is 6.92 Å². The van der Waals surface area contributed by atoms with Crippen molar-refractivity contribution in [2.24, 2.45) is 0 Å². The number of phenols is 1. The summed E-state index contributed by atoms with van der Waals surface area (Å²) in [5, 5.41) is 10.5. The number of para-hydroxylation sites is 1. The Labute approximate surface area is 135 Å².